The maximum absolute atomic E-state index is 12.8. The highest BCUT2D eigenvalue weighted by molar-refractivity contribution is 5.78. The molecule has 0 bridgehead atoms. The molecule has 0 atom stereocenters. The Morgan fingerprint density at radius 3 is 2.54 bits per heavy atom. The average Bonchev–Trinajstić information content (AvgIpc) is 3.24. The lowest BCUT2D eigenvalue weighted by atomic mass is 9.94. The number of aryl methyl sites for hydroxylation is 1. The SMILES string of the molecule is CCN(C(=O)CNC1(c2noc(C)n2)CCCC1)C1CCCCC1. The molecule has 0 spiro atoms. The van der Waals surface area contributed by atoms with Gasteiger partial charge in [0.1, 0.15) is 0 Å². The van der Waals surface area contributed by atoms with E-state index in [4.69, 9.17) is 4.52 Å². The summed E-state index contributed by atoms with van der Waals surface area (Å²) >= 11 is 0. The molecule has 2 aliphatic rings. The van der Waals surface area contributed by atoms with Crippen molar-refractivity contribution in [1.29, 1.82) is 0 Å². The molecular formula is C18H30N4O2. The molecule has 6 heteroatoms. The van der Waals surface area contributed by atoms with E-state index >= 15 is 0 Å². The van der Waals surface area contributed by atoms with E-state index in [9.17, 15) is 4.79 Å². The van der Waals surface area contributed by atoms with Crippen molar-refractivity contribution in [2.24, 2.45) is 0 Å². The third-order valence-corrected chi connectivity index (χ3v) is 5.67. The molecule has 6 nitrogen and oxygen atoms in total. The fraction of sp³-hybridized carbons (Fsp3) is 0.833. The second-order valence-electron chi connectivity index (χ2n) is 7.25. The first-order valence-corrected chi connectivity index (χ1v) is 9.50. The lowest BCUT2D eigenvalue weighted by Gasteiger charge is -2.35. The van der Waals surface area contributed by atoms with Crippen molar-refractivity contribution in [2.45, 2.75) is 83.2 Å². The van der Waals surface area contributed by atoms with E-state index in [1.165, 1.54) is 19.3 Å². The summed E-state index contributed by atoms with van der Waals surface area (Å²) in [6.45, 7) is 5.05. The van der Waals surface area contributed by atoms with Gasteiger partial charge in [0.2, 0.25) is 11.8 Å². The second-order valence-corrected chi connectivity index (χ2v) is 7.25. The third kappa shape index (κ3) is 3.63. The summed E-state index contributed by atoms with van der Waals surface area (Å²) in [6, 6.07) is 0.421. The third-order valence-electron chi connectivity index (χ3n) is 5.67. The summed E-state index contributed by atoms with van der Waals surface area (Å²) in [6.07, 6.45) is 10.3. The minimum absolute atomic E-state index is 0.205. The van der Waals surface area contributed by atoms with Crippen LogP contribution in [0.2, 0.25) is 0 Å². The van der Waals surface area contributed by atoms with Crippen LogP contribution in [0.15, 0.2) is 4.52 Å². The Bertz CT molecular complexity index is 545. The van der Waals surface area contributed by atoms with Gasteiger partial charge < -0.3 is 9.42 Å². The van der Waals surface area contributed by atoms with Crippen molar-refractivity contribution in [3.8, 4) is 0 Å². The van der Waals surface area contributed by atoms with E-state index < -0.39 is 0 Å². The second kappa shape index (κ2) is 7.64. The Hall–Kier alpha value is -1.43. The van der Waals surface area contributed by atoms with Crippen LogP contribution in [0, 0.1) is 6.92 Å². The molecule has 134 valence electrons. The highest BCUT2D eigenvalue weighted by atomic mass is 16.5. The van der Waals surface area contributed by atoms with Gasteiger partial charge in [0.05, 0.1) is 12.1 Å². The number of likely N-dealkylation sites (N-methyl/N-ethyl adjacent to an activating group) is 1. The molecule has 24 heavy (non-hydrogen) atoms. The Kier molecular flexibility index (Phi) is 5.54. The zero-order valence-electron chi connectivity index (χ0n) is 15.0. The number of hydrogen-bond acceptors (Lipinski definition) is 5. The fourth-order valence-electron chi connectivity index (χ4n) is 4.33. The predicted octanol–water partition coefficient (Wildman–Crippen LogP) is 2.92. The van der Waals surface area contributed by atoms with E-state index in [-0.39, 0.29) is 11.4 Å². The molecule has 2 saturated carbocycles. The number of nitrogens with zero attached hydrogens (tertiary/aromatic N) is 3. The normalized spacial score (nSPS) is 21.1. The van der Waals surface area contributed by atoms with E-state index in [1.807, 2.05) is 6.92 Å². The summed E-state index contributed by atoms with van der Waals surface area (Å²) in [5, 5.41) is 7.63. The number of hydrogen-bond donors (Lipinski definition) is 1. The summed E-state index contributed by atoms with van der Waals surface area (Å²) in [4.78, 5) is 19.3. The van der Waals surface area contributed by atoms with Crippen molar-refractivity contribution in [1.82, 2.24) is 20.4 Å². The number of rotatable bonds is 6. The van der Waals surface area contributed by atoms with Gasteiger partial charge in [-0.2, -0.15) is 4.98 Å². The zero-order valence-corrected chi connectivity index (χ0v) is 15.0. The Labute approximate surface area is 144 Å². The average molecular weight is 334 g/mol. The van der Waals surface area contributed by atoms with Gasteiger partial charge in [0, 0.05) is 19.5 Å². The van der Waals surface area contributed by atoms with Crippen molar-refractivity contribution in [3.63, 3.8) is 0 Å². The van der Waals surface area contributed by atoms with E-state index in [2.05, 4.69) is 27.3 Å². The van der Waals surface area contributed by atoms with Gasteiger partial charge in [0.15, 0.2) is 5.82 Å². The number of amides is 1. The molecule has 1 heterocycles. The minimum atomic E-state index is -0.292. The summed E-state index contributed by atoms with van der Waals surface area (Å²) in [5.41, 5.74) is -0.292. The van der Waals surface area contributed by atoms with Crippen LogP contribution in [0.5, 0.6) is 0 Å². The monoisotopic (exact) mass is 334 g/mol. The number of nitrogens with one attached hydrogen (secondary N) is 1. The fourth-order valence-corrected chi connectivity index (χ4v) is 4.33. The van der Waals surface area contributed by atoms with Crippen LogP contribution in [0.3, 0.4) is 0 Å². The topological polar surface area (TPSA) is 71.3 Å². The lowest BCUT2D eigenvalue weighted by Crippen LogP contribution is -2.50. The Morgan fingerprint density at radius 1 is 1.25 bits per heavy atom. The standard InChI is InChI=1S/C18H30N4O2/c1-3-22(15-9-5-4-6-10-15)16(23)13-19-18(11-7-8-12-18)17-20-14(2)24-21-17/h15,19H,3-13H2,1-2H3. The molecule has 0 aromatic carbocycles. The molecule has 0 saturated heterocycles. The van der Waals surface area contributed by atoms with Gasteiger partial charge in [0.25, 0.3) is 0 Å². The number of aromatic nitrogens is 2. The summed E-state index contributed by atoms with van der Waals surface area (Å²) < 4.78 is 5.18. The number of carbonyl (C=O) groups is 1. The molecule has 0 aliphatic heterocycles. The summed E-state index contributed by atoms with van der Waals surface area (Å²) in [5.74, 6) is 1.50. The molecule has 1 amide bonds. The molecule has 1 aromatic rings. The van der Waals surface area contributed by atoms with Crippen LogP contribution in [-0.2, 0) is 10.3 Å². The van der Waals surface area contributed by atoms with Gasteiger partial charge in [-0.25, -0.2) is 0 Å². The van der Waals surface area contributed by atoms with Crippen LogP contribution < -0.4 is 5.32 Å². The highest BCUT2D eigenvalue weighted by Gasteiger charge is 2.40. The molecule has 3 rings (SSSR count). The van der Waals surface area contributed by atoms with Crippen molar-refractivity contribution in [3.05, 3.63) is 11.7 Å². The predicted molar refractivity (Wildman–Crippen MR) is 91.4 cm³/mol. The van der Waals surface area contributed by atoms with Crippen LogP contribution >= 0.6 is 0 Å². The Balaban J connectivity index is 1.64. The van der Waals surface area contributed by atoms with Gasteiger partial charge >= 0.3 is 0 Å². The molecule has 1 N–H and O–H groups in total. The smallest absolute Gasteiger partial charge is 0.236 e. The van der Waals surface area contributed by atoms with Crippen molar-refractivity contribution in [2.75, 3.05) is 13.1 Å². The van der Waals surface area contributed by atoms with Crippen molar-refractivity contribution < 1.29 is 9.32 Å². The highest BCUT2D eigenvalue weighted by Crippen LogP contribution is 2.37. The van der Waals surface area contributed by atoms with Gasteiger partial charge in [-0.3, -0.25) is 10.1 Å². The first-order chi connectivity index (χ1) is 11.6. The molecule has 0 unspecified atom stereocenters. The summed E-state index contributed by atoms with van der Waals surface area (Å²) in [7, 11) is 0. The molecular weight excluding hydrogens is 304 g/mol. The molecule has 2 fully saturated rings. The molecule has 2 aliphatic carbocycles. The quantitative estimate of drug-likeness (QED) is 0.866. The maximum Gasteiger partial charge on any atom is 0.236 e. The van der Waals surface area contributed by atoms with Gasteiger partial charge in [-0.15, -0.1) is 0 Å². The van der Waals surface area contributed by atoms with Crippen LogP contribution in [0.25, 0.3) is 0 Å². The first kappa shape index (κ1) is 17.4. The first-order valence-electron chi connectivity index (χ1n) is 9.50. The van der Waals surface area contributed by atoms with E-state index in [0.29, 0.717) is 24.3 Å². The lowest BCUT2D eigenvalue weighted by molar-refractivity contribution is -0.133. The van der Waals surface area contributed by atoms with Crippen LogP contribution in [0.1, 0.15) is 76.4 Å². The maximum atomic E-state index is 12.8. The largest absolute Gasteiger partial charge is 0.340 e. The Morgan fingerprint density at radius 2 is 1.96 bits per heavy atom. The van der Waals surface area contributed by atoms with Crippen molar-refractivity contribution >= 4 is 5.91 Å². The van der Waals surface area contributed by atoms with E-state index in [1.54, 1.807) is 0 Å². The van der Waals surface area contributed by atoms with Crippen LogP contribution in [-0.4, -0.2) is 40.1 Å². The minimum Gasteiger partial charge on any atom is -0.340 e. The van der Waals surface area contributed by atoms with Gasteiger partial charge in [-0.05, 0) is 32.6 Å². The van der Waals surface area contributed by atoms with Crippen LogP contribution in [0.4, 0.5) is 0 Å². The molecule has 1 aromatic heterocycles. The number of carbonyl (C=O) groups excluding carboxylic acids is 1. The van der Waals surface area contributed by atoms with Gasteiger partial charge in [-0.1, -0.05) is 37.3 Å². The zero-order chi connectivity index (χ0) is 17.0. The molecule has 0 radical (unpaired) electrons. The van der Waals surface area contributed by atoms with E-state index in [0.717, 1.165) is 45.1 Å².